The van der Waals surface area contributed by atoms with Gasteiger partial charge in [0, 0.05) is 12.5 Å². The van der Waals surface area contributed by atoms with E-state index in [1.165, 1.54) is 5.56 Å². The van der Waals surface area contributed by atoms with Gasteiger partial charge in [0.05, 0.1) is 6.61 Å². The Hall–Kier alpha value is -0.870. The molecule has 0 spiro atoms. The lowest BCUT2D eigenvalue weighted by atomic mass is 10.1. The molecule has 1 atom stereocenters. The highest BCUT2D eigenvalue weighted by molar-refractivity contribution is 7.07. The Morgan fingerprint density at radius 1 is 1.42 bits per heavy atom. The third-order valence-electron chi connectivity index (χ3n) is 2.98. The lowest BCUT2D eigenvalue weighted by molar-refractivity contribution is -0.143. The molecule has 0 aromatic carbocycles. The summed E-state index contributed by atoms with van der Waals surface area (Å²) in [6.07, 6.45) is 4.77. The number of ether oxygens (including phenoxy) is 1. The smallest absolute Gasteiger partial charge is 0.305 e. The number of hydrogen-bond acceptors (Lipinski definition) is 4. The average molecular weight is 283 g/mol. The Morgan fingerprint density at radius 3 is 2.95 bits per heavy atom. The molecule has 0 fully saturated rings. The van der Waals surface area contributed by atoms with Gasteiger partial charge < -0.3 is 10.1 Å². The van der Waals surface area contributed by atoms with Crippen LogP contribution >= 0.6 is 11.3 Å². The van der Waals surface area contributed by atoms with E-state index in [1.54, 1.807) is 11.3 Å². The monoisotopic (exact) mass is 283 g/mol. The predicted molar refractivity (Wildman–Crippen MR) is 80.6 cm³/mol. The van der Waals surface area contributed by atoms with Gasteiger partial charge in [0.1, 0.15) is 0 Å². The lowest BCUT2D eigenvalue weighted by Crippen LogP contribution is -2.28. The molecule has 0 saturated heterocycles. The van der Waals surface area contributed by atoms with Crippen molar-refractivity contribution in [3.63, 3.8) is 0 Å². The van der Waals surface area contributed by atoms with Gasteiger partial charge >= 0.3 is 5.97 Å². The molecule has 1 heterocycles. The molecule has 19 heavy (non-hydrogen) atoms. The molecule has 0 bridgehead atoms. The summed E-state index contributed by atoms with van der Waals surface area (Å²) in [6.45, 7) is 5.57. The molecule has 0 amide bonds. The Labute approximate surface area is 120 Å². The summed E-state index contributed by atoms with van der Waals surface area (Å²) in [5.41, 5.74) is 1.41. The standard InChI is InChI=1S/C15H25NO2S/c1-3-18-15(17)7-5-4-6-9-16-13(2)11-14-8-10-19-12-14/h8,10,12-13,16H,3-7,9,11H2,1-2H3. The van der Waals surface area contributed by atoms with Crippen molar-refractivity contribution in [2.45, 2.75) is 52.0 Å². The minimum atomic E-state index is -0.0683. The first-order valence-corrected chi connectivity index (χ1v) is 8.06. The minimum Gasteiger partial charge on any atom is -0.466 e. The van der Waals surface area contributed by atoms with Gasteiger partial charge in [-0.3, -0.25) is 4.79 Å². The van der Waals surface area contributed by atoms with Crippen LogP contribution in [0.4, 0.5) is 0 Å². The number of thiophene rings is 1. The van der Waals surface area contributed by atoms with Crippen LogP contribution in [-0.4, -0.2) is 25.2 Å². The van der Waals surface area contributed by atoms with E-state index < -0.39 is 0 Å². The first kappa shape index (κ1) is 16.2. The van der Waals surface area contributed by atoms with E-state index in [0.717, 1.165) is 32.2 Å². The highest BCUT2D eigenvalue weighted by Gasteiger charge is 2.03. The Bertz CT molecular complexity index is 338. The molecular weight excluding hydrogens is 258 g/mol. The van der Waals surface area contributed by atoms with Crippen LogP contribution in [0.5, 0.6) is 0 Å². The molecule has 1 aromatic heterocycles. The van der Waals surface area contributed by atoms with Crippen molar-refractivity contribution in [2.24, 2.45) is 0 Å². The number of carbonyl (C=O) groups excluding carboxylic acids is 1. The highest BCUT2D eigenvalue weighted by atomic mass is 32.1. The molecule has 0 aliphatic heterocycles. The van der Waals surface area contributed by atoms with Crippen LogP contribution in [0.3, 0.4) is 0 Å². The molecular formula is C15H25NO2S. The lowest BCUT2D eigenvalue weighted by Gasteiger charge is -2.12. The highest BCUT2D eigenvalue weighted by Crippen LogP contribution is 2.08. The SMILES string of the molecule is CCOC(=O)CCCCCNC(C)Cc1ccsc1. The summed E-state index contributed by atoms with van der Waals surface area (Å²) in [6, 6.07) is 2.70. The summed E-state index contributed by atoms with van der Waals surface area (Å²) < 4.78 is 4.89. The molecule has 3 nitrogen and oxygen atoms in total. The van der Waals surface area contributed by atoms with Crippen molar-refractivity contribution in [3.05, 3.63) is 22.4 Å². The van der Waals surface area contributed by atoms with Crippen LogP contribution in [0.25, 0.3) is 0 Å². The number of carbonyl (C=O) groups is 1. The summed E-state index contributed by atoms with van der Waals surface area (Å²) in [5, 5.41) is 7.85. The van der Waals surface area contributed by atoms with Gasteiger partial charge in [0.2, 0.25) is 0 Å². The summed E-state index contributed by atoms with van der Waals surface area (Å²) in [7, 11) is 0. The molecule has 108 valence electrons. The van der Waals surface area contributed by atoms with Crippen molar-refractivity contribution in [2.75, 3.05) is 13.2 Å². The van der Waals surface area contributed by atoms with Crippen LogP contribution in [0.15, 0.2) is 16.8 Å². The van der Waals surface area contributed by atoms with Gasteiger partial charge in [-0.2, -0.15) is 11.3 Å². The first-order chi connectivity index (χ1) is 9.22. The summed E-state index contributed by atoms with van der Waals surface area (Å²) in [4.78, 5) is 11.1. The third-order valence-corrected chi connectivity index (χ3v) is 3.71. The Morgan fingerprint density at radius 2 is 2.26 bits per heavy atom. The number of esters is 1. The van der Waals surface area contributed by atoms with Crippen molar-refractivity contribution in [1.82, 2.24) is 5.32 Å². The molecule has 0 saturated carbocycles. The molecule has 1 N–H and O–H groups in total. The van der Waals surface area contributed by atoms with Crippen LogP contribution in [-0.2, 0) is 16.0 Å². The van der Waals surface area contributed by atoms with Gasteiger partial charge in [0.15, 0.2) is 0 Å². The van der Waals surface area contributed by atoms with Crippen LogP contribution < -0.4 is 5.32 Å². The van der Waals surface area contributed by atoms with Crippen molar-refractivity contribution in [1.29, 1.82) is 0 Å². The molecule has 0 aliphatic rings. The maximum atomic E-state index is 11.1. The molecule has 0 radical (unpaired) electrons. The summed E-state index contributed by atoms with van der Waals surface area (Å²) in [5.74, 6) is -0.0683. The molecule has 1 rings (SSSR count). The fraction of sp³-hybridized carbons (Fsp3) is 0.667. The number of hydrogen-bond donors (Lipinski definition) is 1. The molecule has 1 unspecified atom stereocenters. The minimum absolute atomic E-state index is 0.0683. The molecule has 1 aromatic rings. The number of unbranched alkanes of at least 4 members (excludes halogenated alkanes) is 2. The molecule has 0 aliphatic carbocycles. The van der Waals surface area contributed by atoms with Crippen molar-refractivity contribution < 1.29 is 9.53 Å². The van der Waals surface area contributed by atoms with Crippen molar-refractivity contribution in [3.8, 4) is 0 Å². The number of rotatable bonds is 10. The maximum absolute atomic E-state index is 11.1. The van der Waals surface area contributed by atoms with Gasteiger partial charge in [-0.1, -0.05) is 6.42 Å². The van der Waals surface area contributed by atoms with Crippen molar-refractivity contribution >= 4 is 17.3 Å². The predicted octanol–water partition coefficient (Wildman–Crippen LogP) is 3.39. The quantitative estimate of drug-likeness (QED) is 0.528. The second-order valence-electron chi connectivity index (χ2n) is 4.81. The topological polar surface area (TPSA) is 38.3 Å². The normalized spacial score (nSPS) is 12.3. The first-order valence-electron chi connectivity index (χ1n) is 7.12. The van der Waals surface area contributed by atoms with E-state index in [1.807, 2.05) is 6.92 Å². The summed E-state index contributed by atoms with van der Waals surface area (Å²) >= 11 is 1.75. The number of nitrogens with one attached hydrogen (secondary N) is 1. The van der Waals surface area contributed by atoms with Crippen LogP contribution in [0.1, 0.15) is 45.1 Å². The average Bonchev–Trinajstić information content (AvgIpc) is 2.86. The van der Waals surface area contributed by atoms with Crippen LogP contribution in [0, 0.1) is 0 Å². The zero-order valence-corrected chi connectivity index (χ0v) is 12.8. The largest absolute Gasteiger partial charge is 0.466 e. The van der Waals surface area contributed by atoms with Gasteiger partial charge in [-0.25, -0.2) is 0 Å². The Balaban J connectivity index is 1.94. The molecule has 4 heteroatoms. The van der Waals surface area contributed by atoms with E-state index in [0.29, 0.717) is 19.1 Å². The van der Waals surface area contributed by atoms with Gasteiger partial charge in [-0.15, -0.1) is 0 Å². The van der Waals surface area contributed by atoms with E-state index >= 15 is 0 Å². The van der Waals surface area contributed by atoms with E-state index in [9.17, 15) is 4.79 Å². The zero-order valence-electron chi connectivity index (χ0n) is 12.0. The maximum Gasteiger partial charge on any atom is 0.305 e. The second-order valence-corrected chi connectivity index (χ2v) is 5.59. The van der Waals surface area contributed by atoms with Crippen LogP contribution in [0.2, 0.25) is 0 Å². The third kappa shape index (κ3) is 8.01. The fourth-order valence-corrected chi connectivity index (χ4v) is 2.67. The zero-order chi connectivity index (χ0) is 13.9. The fourth-order valence-electron chi connectivity index (χ4n) is 1.99. The van der Waals surface area contributed by atoms with E-state index in [-0.39, 0.29) is 5.97 Å². The van der Waals surface area contributed by atoms with Gasteiger partial charge in [0.25, 0.3) is 0 Å². The van der Waals surface area contributed by atoms with E-state index in [2.05, 4.69) is 29.1 Å². The Kier molecular flexibility index (Phi) is 8.50. The van der Waals surface area contributed by atoms with Gasteiger partial charge in [-0.05, 0) is 62.0 Å². The second kappa shape index (κ2) is 9.98. The van der Waals surface area contributed by atoms with E-state index in [4.69, 9.17) is 4.74 Å².